The molecular formula is C17H20N4O4. The van der Waals surface area contributed by atoms with Crippen molar-refractivity contribution in [2.45, 2.75) is 26.8 Å². The normalized spacial score (nSPS) is 11.3. The summed E-state index contributed by atoms with van der Waals surface area (Å²) in [6, 6.07) is 9.02. The molecule has 0 fully saturated rings. The van der Waals surface area contributed by atoms with Crippen molar-refractivity contribution in [3.05, 3.63) is 53.5 Å². The second-order valence-corrected chi connectivity index (χ2v) is 5.46. The predicted octanol–water partition coefficient (Wildman–Crippen LogP) is 1.87. The molecule has 0 aliphatic heterocycles. The Labute approximate surface area is 144 Å². The van der Waals surface area contributed by atoms with Gasteiger partial charge in [-0.25, -0.2) is 4.79 Å². The molecule has 1 heterocycles. The van der Waals surface area contributed by atoms with Crippen LogP contribution in [0.3, 0.4) is 0 Å². The van der Waals surface area contributed by atoms with Crippen molar-refractivity contribution in [1.82, 2.24) is 16.2 Å². The second kappa shape index (κ2) is 8.00. The largest absolute Gasteiger partial charge is 0.466 e. The molecule has 1 aromatic carbocycles. The minimum Gasteiger partial charge on any atom is -0.466 e. The van der Waals surface area contributed by atoms with Gasteiger partial charge in [-0.1, -0.05) is 18.2 Å². The highest BCUT2D eigenvalue weighted by molar-refractivity contribution is 5.97. The van der Waals surface area contributed by atoms with E-state index in [1.54, 1.807) is 44.2 Å². The number of furan rings is 1. The van der Waals surface area contributed by atoms with Crippen LogP contribution in [0.4, 0.5) is 10.5 Å². The van der Waals surface area contributed by atoms with E-state index in [4.69, 9.17) is 4.42 Å². The molecule has 0 saturated heterocycles. The SMILES string of the molecule is Cc1cc(C(=O)NNC(=O)C(C)NC(=O)Nc2ccccc2)c(C)o1. The van der Waals surface area contributed by atoms with Crippen molar-refractivity contribution >= 4 is 23.5 Å². The van der Waals surface area contributed by atoms with Gasteiger partial charge >= 0.3 is 6.03 Å². The summed E-state index contributed by atoms with van der Waals surface area (Å²) in [5, 5.41) is 5.07. The molecule has 8 nitrogen and oxygen atoms in total. The number of para-hydroxylation sites is 1. The van der Waals surface area contributed by atoms with Crippen LogP contribution < -0.4 is 21.5 Å². The van der Waals surface area contributed by atoms with Gasteiger partial charge in [0.05, 0.1) is 5.56 Å². The first-order chi connectivity index (χ1) is 11.9. The first-order valence-corrected chi connectivity index (χ1v) is 7.66. The van der Waals surface area contributed by atoms with Crippen LogP contribution in [0.15, 0.2) is 40.8 Å². The third-order valence-electron chi connectivity index (χ3n) is 3.36. The van der Waals surface area contributed by atoms with Gasteiger partial charge in [-0.3, -0.25) is 20.4 Å². The van der Waals surface area contributed by atoms with Crippen molar-refractivity contribution in [3.8, 4) is 0 Å². The number of urea groups is 1. The van der Waals surface area contributed by atoms with Gasteiger partial charge in [-0.05, 0) is 39.0 Å². The number of hydrogen-bond acceptors (Lipinski definition) is 4. The van der Waals surface area contributed by atoms with Crippen molar-refractivity contribution in [3.63, 3.8) is 0 Å². The molecule has 0 saturated carbocycles. The summed E-state index contributed by atoms with van der Waals surface area (Å²) in [5.74, 6) is -0.00248. The van der Waals surface area contributed by atoms with Crippen LogP contribution in [0.25, 0.3) is 0 Å². The number of benzene rings is 1. The highest BCUT2D eigenvalue weighted by Gasteiger charge is 2.18. The lowest BCUT2D eigenvalue weighted by Gasteiger charge is -2.15. The summed E-state index contributed by atoms with van der Waals surface area (Å²) in [6.45, 7) is 4.88. The van der Waals surface area contributed by atoms with Crippen molar-refractivity contribution < 1.29 is 18.8 Å². The molecule has 1 aromatic heterocycles. The molecule has 0 radical (unpaired) electrons. The molecule has 2 rings (SSSR count). The van der Waals surface area contributed by atoms with Gasteiger partial charge < -0.3 is 15.1 Å². The highest BCUT2D eigenvalue weighted by atomic mass is 16.3. The molecule has 0 aliphatic carbocycles. The first-order valence-electron chi connectivity index (χ1n) is 7.66. The van der Waals surface area contributed by atoms with E-state index in [1.807, 2.05) is 6.07 Å². The third kappa shape index (κ3) is 5.10. The Balaban J connectivity index is 1.81. The van der Waals surface area contributed by atoms with Crippen molar-refractivity contribution in [1.29, 1.82) is 0 Å². The molecule has 25 heavy (non-hydrogen) atoms. The van der Waals surface area contributed by atoms with E-state index >= 15 is 0 Å². The van der Waals surface area contributed by atoms with E-state index in [2.05, 4.69) is 21.5 Å². The number of carbonyl (C=O) groups is 3. The van der Waals surface area contributed by atoms with E-state index in [9.17, 15) is 14.4 Å². The Morgan fingerprint density at radius 1 is 1.04 bits per heavy atom. The number of anilines is 1. The number of hydrogen-bond donors (Lipinski definition) is 4. The average molecular weight is 344 g/mol. The average Bonchev–Trinajstić information content (AvgIpc) is 2.91. The zero-order chi connectivity index (χ0) is 18.4. The maximum Gasteiger partial charge on any atom is 0.319 e. The van der Waals surface area contributed by atoms with Gasteiger partial charge in [0.25, 0.3) is 11.8 Å². The summed E-state index contributed by atoms with van der Waals surface area (Å²) < 4.78 is 5.26. The van der Waals surface area contributed by atoms with Gasteiger partial charge in [0, 0.05) is 5.69 Å². The topological polar surface area (TPSA) is 112 Å². The molecule has 1 atom stereocenters. The van der Waals surface area contributed by atoms with Crippen molar-refractivity contribution in [2.75, 3.05) is 5.32 Å². The lowest BCUT2D eigenvalue weighted by molar-refractivity contribution is -0.123. The Hall–Kier alpha value is -3.29. The van der Waals surface area contributed by atoms with Crippen LogP contribution >= 0.6 is 0 Å². The third-order valence-corrected chi connectivity index (χ3v) is 3.36. The zero-order valence-electron chi connectivity index (χ0n) is 14.2. The van der Waals surface area contributed by atoms with Crippen LogP contribution in [0.2, 0.25) is 0 Å². The molecule has 0 aliphatic rings. The van der Waals surface area contributed by atoms with E-state index in [-0.39, 0.29) is 0 Å². The van der Waals surface area contributed by atoms with Gasteiger partial charge in [0.2, 0.25) is 0 Å². The smallest absolute Gasteiger partial charge is 0.319 e. The van der Waals surface area contributed by atoms with Gasteiger partial charge in [0.1, 0.15) is 17.6 Å². The lowest BCUT2D eigenvalue weighted by atomic mass is 10.2. The van der Waals surface area contributed by atoms with Crippen LogP contribution in [0, 0.1) is 13.8 Å². The summed E-state index contributed by atoms with van der Waals surface area (Å²) >= 11 is 0. The zero-order valence-corrected chi connectivity index (χ0v) is 14.2. The summed E-state index contributed by atoms with van der Waals surface area (Å²) in [6.07, 6.45) is 0. The standard InChI is InChI=1S/C17H20N4O4/c1-10-9-14(12(3)25-10)16(23)21-20-15(22)11(2)18-17(24)19-13-7-5-4-6-8-13/h4-9,11H,1-3H3,(H,20,22)(H,21,23)(H2,18,19,24). The summed E-state index contributed by atoms with van der Waals surface area (Å²) in [7, 11) is 0. The molecule has 132 valence electrons. The number of carbonyl (C=O) groups excluding carboxylic acids is 3. The quantitative estimate of drug-likeness (QED) is 0.634. The van der Waals surface area contributed by atoms with E-state index in [1.165, 1.54) is 6.92 Å². The summed E-state index contributed by atoms with van der Waals surface area (Å²) in [5.41, 5.74) is 5.49. The molecule has 2 aromatic rings. The monoisotopic (exact) mass is 344 g/mol. The number of hydrazine groups is 1. The highest BCUT2D eigenvalue weighted by Crippen LogP contribution is 2.12. The van der Waals surface area contributed by atoms with Crippen molar-refractivity contribution in [2.24, 2.45) is 0 Å². The van der Waals surface area contributed by atoms with Crippen LogP contribution in [0.1, 0.15) is 28.8 Å². The van der Waals surface area contributed by atoms with E-state index in [0.717, 1.165) is 0 Å². The fourth-order valence-electron chi connectivity index (χ4n) is 2.10. The Morgan fingerprint density at radius 2 is 1.72 bits per heavy atom. The van der Waals surface area contributed by atoms with Crippen LogP contribution in [-0.4, -0.2) is 23.9 Å². The molecule has 1 unspecified atom stereocenters. The van der Waals surface area contributed by atoms with Crippen LogP contribution in [-0.2, 0) is 4.79 Å². The molecular weight excluding hydrogens is 324 g/mol. The van der Waals surface area contributed by atoms with E-state index in [0.29, 0.717) is 22.8 Å². The van der Waals surface area contributed by atoms with Gasteiger partial charge in [-0.2, -0.15) is 0 Å². The maximum absolute atomic E-state index is 12.0. The lowest BCUT2D eigenvalue weighted by Crippen LogP contribution is -2.51. The van der Waals surface area contributed by atoms with E-state index < -0.39 is 23.9 Å². The second-order valence-electron chi connectivity index (χ2n) is 5.46. The Morgan fingerprint density at radius 3 is 2.32 bits per heavy atom. The molecule has 0 spiro atoms. The molecule has 4 amide bonds. The van der Waals surface area contributed by atoms with Gasteiger partial charge in [0.15, 0.2) is 0 Å². The Bertz CT molecular complexity index is 770. The fraction of sp³-hybridized carbons (Fsp3) is 0.235. The Kier molecular flexibility index (Phi) is 5.78. The minimum atomic E-state index is -0.851. The van der Waals surface area contributed by atoms with Gasteiger partial charge in [-0.15, -0.1) is 0 Å². The first kappa shape index (κ1) is 18.1. The number of rotatable bonds is 4. The maximum atomic E-state index is 12.0. The fourth-order valence-corrected chi connectivity index (χ4v) is 2.10. The summed E-state index contributed by atoms with van der Waals surface area (Å²) in [4.78, 5) is 35.8. The minimum absolute atomic E-state index is 0.334. The number of amides is 4. The number of aryl methyl sites for hydroxylation is 2. The van der Waals surface area contributed by atoms with Crippen LogP contribution in [0.5, 0.6) is 0 Å². The molecule has 0 bridgehead atoms. The molecule has 4 N–H and O–H groups in total. The molecule has 8 heteroatoms. The predicted molar refractivity (Wildman–Crippen MR) is 91.8 cm³/mol. The number of nitrogens with one attached hydrogen (secondary N) is 4.